The van der Waals surface area contributed by atoms with Gasteiger partial charge in [0.05, 0.1) is 0 Å². The maximum absolute atomic E-state index is 3.83. The number of benzene rings is 2. The number of hydrogen-bond acceptors (Lipinski definition) is 0. The molecule has 0 atom stereocenters. The highest BCUT2D eigenvalue weighted by molar-refractivity contribution is 5.45. The molecule has 2 aromatic carbocycles. The van der Waals surface area contributed by atoms with Gasteiger partial charge >= 0.3 is 0 Å². The maximum atomic E-state index is 3.83. The van der Waals surface area contributed by atoms with E-state index in [1.54, 1.807) is 0 Å². The van der Waals surface area contributed by atoms with Crippen molar-refractivity contribution in [3.63, 3.8) is 0 Å². The van der Waals surface area contributed by atoms with Crippen LogP contribution in [0.1, 0.15) is 17.5 Å². The minimum Gasteiger partial charge on any atom is -0.103 e. The molecule has 0 saturated heterocycles. The van der Waals surface area contributed by atoms with E-state index in [2.05, 4.69) is 55.1 Å². The predicted octanol–water partition coefficient (Wildman–Crippen LogP) is 4.23. The van der Waals surface area contributed by atoms with Crippen LogP contribution in [0.5, 0.6) is 0 Å². The zero-order valence-corrected chi connectivity index (χ0v) is 9.27. The molecule has 16 heavy (non-hydrogen) atoms. The van der Waals surface area contributed by atoms with Gasteiger partial charge in [0.1, 0.15) is 0 Å². The van der Waals surface area contributed by atoms with Crippen LogP contribution in [-0.2, 0) is 0 Å². The number of allylic oxidation sites excluding steroid dienone is 1. The minimum atomic E-state index is 0.897. The molecular weight excluding hydrogens is 192 g/mol. The van der Waals surface area contributed by atoms with Crippen LogP contribution in [0.4, 0.5) is 0 Å². The molecule has 0 N–H and O–H groups in total. The summed E-state index contributed by atoms with van der Waals surface area (Å²) in [5.41, 5.74) is 2.54. The van der Waals surface area contributed by atoms with E-state index in [0.717, 1.165) is 6.42 Å². The lowest BCUT2D eigenvalue weighted by Crippen LogP contribution is -2.00. The van der Waals surface area contributed by atoms with Crippen LogP contribution in [0.25, 0.3) is 0 Å². The van der Waals surface area contributed by atoms with Gasteiger partial charge in [-0.05, 0) is 17.5 Å². The summed E-state index contributed by atoms with van der Waals surface area (Å²) >= 11 is 0. The van der Waals surface area contributed by atoms with Gasteiger partial charge in [-0.2, -0.15) is 0 Å². The smallest absolute Gasteiger partial charge is 0.0377 e. The summed E-state index contributed by atoms with van der Waals surface area (Å²) in [6.45, 7) is 3.83. The summed E-state index contributed by atoms with van der Waals surface area (Å²) in [6, 6.07) is 20.9. The fraction of sp³-hybridized carbons (Fsp3) is 0.0625. The lowest BCUT2D eigenvalue weighted by Gasteiger charge is -2.15. The molecular formula is C16H15. The molecule has 2 aromatic rings. The number of rotatable bonds is 4. The molecule has 0 fully saturated rings. The third kappa shape index (κ3) is 2.40. The van der Waals surface area contributed by atoms with Gasteiger partial charge in [-0.1, -0.05) is 66.7 Å². The Morgan fingerprint density at radius 2 is 1.25 bits per heavy atom. The van der Waals surface area contributed by atoms with Crippen molar-refractivity contribution in [3.8, 4) is 0 Å². The SMILES string of the molecule is C=CC[C](c1ccccc1)c1ccccc1. The van der Waals surface area contributed by atoms with Crippen molar-refractivity contribution in [2.24, 2.45) is 0 Å². The van der Waals surface area contributed by atoms with Crippen LogP contribution in [0.2, 0.25) is 0 Å². The van der Waals surface area contributed by atoms with E-state index in [0.29, 0.717) is 0 Å². The van der Waals surface area contributed by atoms with Gasteiger partial charge in [0.2, 0.25) is 0 Å². The summed E-state index contributed by atoms with van der Waals surface area (Å²) in [7, 11) is 0. The van der Waals surface area contributed by atoms with Crippen LogP contribution >= 0.6 is 0 Å². The van der Waals surface area contributed by atoms with Crippen molar-refractivity contribution in [2.45, 2.75) is 6.42 Å². The fourth-order valence-corrected chi connectivity index (χ4v) is 1.83. The lowest BCUT2D eigenvalue weighted by atomic mass is 9.89. The van der Waals surface area contributed by atoms with Crippen molar-refractivity contribution in [1.29, 1.82) is 0 Å². The second-order valence-electron chi connectivity index (χ2n) is 3.70. The fourth-order valence-electron chi connectivity index (χ4n) is 1.83. The Bertz CT molecular complexity index is 389. The molecule has 0 unspecified atom stereocenters. The third-order valence-electron chi connectivity index (χ3n) is 2.59. The van der Waals surface area contributed by atoms with Crippen LogP contribution in [-0.4, -0.2) is 0 Å². The van der Waals surface area contributed by atoms with E-state index >= 15 is 0 Å². The molecule has 0 aliphatic heterocycles. The highest BCUT2D eigenvalue weighted by Crippen LogP contribution is 2.26. The first-order valence-electron chi connectivity index (χ1n) is 5.49. The summed E-state index contributed by atoms with van der Waals surface area (Å²) < 4.78 is 0. The molecule has 0 aliphatic rings. The second-order valence-corrected chi connectivity index (χ2v) is 3.70. The van der Waals surface area contributed by atoms with E-state index in [4.69, 9.17) is 0 Å². The average molecular weight is 207 g/mol. The second kappa shape index (κ2) is 5.32. The minimum absolute atomic E-state index is 0.897. The first-order chi connectivity index (χ1) is 7.92. The molecule has 0 bridgehead atoms. The molecule has 0 aromatic heterocycles. The van der Waals surface area contributed by atoms with E-state index < -0.39 is 0 Å². The van der Waals surface area contributed by atoms with Crippen LogP contribution in [0.15, 0.2) is 73.3 Å². The Morgan fingerprint density at radius 1 is 0.812 bits per heavy atom. The highest BCUT2D eigenvalue weighted by atomic mass is 14.1. The van der Waals surface area contributed by atoms with Gasteiger partial charge in [-0.25, -0.2) is 0 Å². The van der Waals surface area contributed by atoms with E-state index in [9.17, 15) is 0 Å². The number of hydrogen-bond donors (Lipinski definition) is 0. The molecule has 0 aliphatic carbocycles. The topological polar surface area (TPSA) is 0 Å². The largest absolute Gasteiger partial charge is 0.103 e. The lowest BCUT2D eigenvalue weighted by molar-refractivity contribution is 1.07. The third-order valence-corrected chi connectivity index (χ3v) is 2.59. The molecule has 1 radical (unpaired) electrons. The van der Waals surface area contributed by atoms with Crippen molar-refractivity contribution in [1.82, 2.24) is 0 Å². The Balaban J connectivity index is 2.35. The summed E-state index contributed by atoms with van der Waals surface area (Å²) in [4.78, 5) is 0. The van der Waals surface area contributed by atoms with E-state index in [1.807, 2.05) is 18.2 Å². The van der Waals surface area contributed by atoms with Gasteiger partial charge in [0, 0.05) is 5.92 Å². The van der Waals surface area contributed by atoms with Crippen LogP contribution in [0, 0.1) is 5.92 Å². The first kappa shape index (κ1) is 10.7. The van der Waals surface area contributed by atoms with Crippen molar-refractivity contribution < 1.29 is 0 Å². The van der Waals surface area contributed by atoms with Gasteiger partial charge < -0.3 is 0 Å². The Labute approximate surface area is 97.3 Å². The monoisotopic (exact) mass is 207 g/mol. The molecule has 0 nitrogen and oxygen atoms in total. The standard InChI is InChI=1S/C16H15/c1-2-9-16(14-10-5-3-6-11-14)15-12-7-4-8-13-15/h2-8,10-13H,1,9H2. The summed E-state index contributed by atoms with van der Waals surface area (Å²) in [6.07, 6.45) is 2.85. The van der Waals surface area contributed by atoms with Gasteiger partial charge in [-0.15, -0.1) is 6.58 Å². The molecule has 0 saturated carbocycles. The van der Waals surface area contributed by atoms with Crippen molar-refractivity contribution in [2.75, 3.05) is 0 Å². The highest BCUT2D eigenvalue weighted by Gasteiger charge is 2.12. The maximum Gasteiger partial charge on any atom is 0.0377 e. The zero-order chi connectivity index (χ0) is 11.2. The van der Waals surface area contributed by atoms with Gasteiger partial charge in [-0.3, -0.25) is 0 Å². The van der Waals surface area contributed by atoms with E-state index in [1.165, 1.54) is 17.0 Å². The van der Waals surface area contributed by atoms with Crippen LogP contribution in [0.3, 0.4) is 0 Å². The van der Waals surface area contributed by atoms with E-state index in [-0.39, 0.29) is 0 Å². The quantitative estimate of drug-likeness (QED) is 0.658. The molecule has 0 heterocycles. The molecule has 79 valence electrons. The molecule has 2 rings (SSSR count). The van der Waals surface area contributed by atoms with Crippen LogP contribution < -0.4 is 0 Å². The van der Waals surface area contributed by atoms with Gasteiger partial charge in [0.25, 0.3) is 0 Å². The average Bonchev–Trinajstić information content (AvgIpc) is 2.38. The normalized spacial score (nSPS) is 10.3. The summed E-state index contributed by atoms with van der Waals surface area (Å²) in [5, 5.41) is 0. The molecule has 0 amide bonds. The molecule has 0 heteroatoms. The van der Waals surface area contributed by atoms with Crippen molar-refractivity contribution in [3.05, 3.63) is 90.4 Å². The Hall–Kier alpha value is -1.82. The Morgan fingerprint density at radius 3 is 1.62 bits per heavy atom. The van der Waals surface area contributed by atoms with Gasteiger partial charge in [0.15, 0.2) is 0 Å². The zero-order valence-electron chi connectivity index (χ0n) is 9.27. The Kier molecular flexibility index (Phi) is 3.55. The summed E-state index contributed by atoms with van der Waals surface area (Å²) in [5.74, 6) is 1.33. The van der Waals surface area contributed by atoms with Crippen molar-refractivity contribution >= 4 is 0 Å². The first-order valence-corrected chi connectivity index (χ1v) is 5.49. The predicted molar refractivity (Wildman–Crippen MR) is 69.1 cm³/mol. The molecule has 0 spiro atoms.